The lowest BCUT2D eigenvalue weighted by Crippen LogP contribution is -2.06. The minimum absolute atomic E-state index is 0.917. The van der Waals surface area contributed by atoms with Crippen LogP contribution in [-0.4, -0.2) is 7.05 Å². The van der Waals surface area contributed by atoms with E-state index in [1.807, 2.05) is 7.05 Å². The molecule has 0 bridgehead atoms. The van der Waals surface area contributed by atoms with Crippen LogP contribution in [-0.2, 0) is 12.8 Å². The van der Waals surface area contributed by atoms with Gasteiger partial charge in [-0.15, -0.1) is 0 Å². The van der Waals surface area contributed by atoms with Crippen LogP contribution in [0.3, 0.4) is 0 Å². The summed E-state index contributed by atoms with van der Waals surface area (Å²) in [7, 11) is 1.91. The van der Waals surface area contributed by atoms with Crippen molar-refractivity contribution in [3.8, 4) is 0 Å². The molecule has 0 heterocycles. The van der Waals surface area contributed by atoms with Crippen LogP contribution < -0.4 is 5.32 Å². The highest BCUT2D eigenvalue weighted by molar-refractivity contribution is 5.25. The summed E-state index contributed by atoms with van der Waals surface area (Å²) in [5.74, 6) is 0. The molecule has 0 atom stereocenters. The van der Waals surface area contributed by atoms with Crippen LogP contribution >= 0.6 is 0 Å². The first-order chi connectivity index (χ1) is 6.26. The van der Waals surface area contributed by atoms with Crippen molar-refractivity contribution in [2.45, 2.75) is 19.8 Å². The predicted octanol–water partition coefficient (Wildman–Crippen LogP) is 2.52. The van der Waals surface area contributed by atoms with Crippen molar-refractivity contribution < 1.29 is 0 Å². The van der Waals surface area contributed by atoms with Crippen molar-refractivity contribution in [3.05, 3.63) is 47.7 Å². The van der Waals surface area contributed by atoms with E-state index in [0.717, 1.165) is 18.5 Å². The molecule has 0 fully saturated rings. The first-order valence-electron chi connectivity index (χ1n) is 4.69. The number of aryl methyl sites for hydroxylation is 1. The van der Waals surface area contributed by atoms with Crippen LogP contribution in [0.25, 0.3) is 0 Å². The van der Waals surface area contributed by atoms with E-state index in [9.17, 15) is 0 Å². The van der Waals surface area contributed by atoms with Crippen molar-refractivity contribution in [1.29, 1.82) is 0 Å². The summed E-state index contributed by atoms with van der Waals surface area (Å²) in [5, 5.41) is 3.05. The molecule has 1 aromatic carbocycles. The van der Waals surface area contributed by atoms with Crippen LogP contribution in [0.1, 0.15) is 18.1 Å². The Morgan fingerprint density at radius 3 is 2.23 bits per heavy atom. The van der Waals surface area contributed by atoms with Gasteiger partial charge in [0.25, 0.3) is 0 Å². The molecule has 1 rings (SSSR count). The van der Waals surface area contributed by atoms with Crippen molar-refractivity contribution in [1.82, 2.24) is 5.32 Å². The van der Waals surface area contributed by atoms with Crippen LogP contribution in [0.2, 0.25) is 0 Å². The lowest BCUT2D eigenvalue weighted by Gasteiger charge is -2.05. The maximum Gasteiger partial charge on any atom is 0.0117 e. The molecular formula is C12H17N. The molecule has 13 heavy (non-hydrogen) atoms. The summed E-state index contributed by atoms with van der Waals surface area (Å²) in [5.41, 5.74) is 3.76. The van der Waals surface area contributed by atoms with Gasteiger partial charge in [-0.3, -0.25) is 0 Å². The summed E-state index contributed by atoms with van der Waals surface area (Å²) in [6.07, 6.45) is 2.02. The second-order valence-electron chi connectivity index (χ2n) is 3.20. The molecule has 0 aliphatic carbocycles. The molecule has 0 saturated heterocycles. The van der Waals surface area contributed by atoms with E-state index in [1.54, 1.807) is 0 Å². The maximum absolute atomic E-state index is 3.90. The third-order valence-electron chi connectivity index (χ3n) is 2.20. The Bertz CT molecular complexity index is 272. The zero-order chi connectivity index (χ0) is 9.68. The van der Waals surface area contributed by atoms with Gasteiger partial charge in [0.2, 0.25) is 0 Å². The highest BCUT2D eigenvalue weighted by atomic mass is 14.8. The van der Waals surface area contributed by atoms with Crippen LogP contribution in [0, 0.1) is 0 Å². The monoisotopic (exact) mass is 175 g/mol. The highest BCUT2D eigenvalue weighted by Gasteiger charge is 1.94. The van der Waals surface area contributed by atoms with Gasteiger partial charge in [0, 0.05) is 19.2 Å². The normalized spacial score (nSPS) is 9.69. The molecule has 0 unspecified atom stereocenters. The zero-order valence-electron chi connectivity index (χ0n) is 8.43. The zero-order valence-corrected chi connectivity index (χ0v) is 8.43. The average Bonchev–Trinajstić information content (AvgIpc) is 2.19. The van der Waals surface area contributed by atoms with Crippen molar-refractivity contribution in [3.63, 3.8) is 0 Å². The number of hydrogen-bond acceptors (Lipinski definition) is 1. The minimum atomic E-state index is 0.917. The summed E-state index contributed by atoms with van der Waals surface area (Å²) < 4.78 is 0. The lowest BCUT2D eigenvalue weighted by atomic mass is 10.1. The Morgan fingerprint density at radius 2 is 1.77 bits per heavy atom. The third kappa shape index (κ3) is 2.94. The van der Waals surface area contributed by atoms with Gasteiger partial charge in [0.15, 0.2) is 0 Å². The molecule has 1 heteroatoms. The SMILES string of the molecule is C=C(Cc1ccc(CC)cc1)NC. The van der Waals surface area contributed by atoms with E-state index >= 15 is 0 Å². The quantitative estimate of drug-likeness (QED) is 0.741. The van der Waals surface area contributed by atoms with Gasteiger partial charge in [0.05, 0.1) is 0 Å². The molecule has 1 aromatic rings. The van der Waals surface area contributed by atoms with Gasteiger partial charge in [-0.1, -0.05) is 37.8 Å². The Kier molecular flexibility index (Phi) is 3.56. The molecular weight excluding hydrogens is 158 g/mol. The smallest absolute Gasteiger partial charge is 0.0117 e. The van der Waals surface area contributed by atoms with E-state index < -0.39 is 0 Å². The number of benzene rings is 1. The molecule has 0 aliphatic rings. The molecule has 1 nitrogen and oxygen atoms in total. The van der Waals surface area contributed by atoms with E-state index in [-0.39, 0.29) is 0 Å². The molecule has 0 amide bonds. The third-order valence-corrected chi connectivity index (χ3v) is 2.20. The van der Waals surface area contributed by atoms with Gasteiger partial charge in [-0.05, 0) is 17.5 Å². The number of rotatable bonds is 4. The predicted molar refractivity (Wildman–Crippen MR) is 57.7 cm³/mol. The molecule has 0 aliphatic heterocycles. The van der Waals surface area contributed by atoms with E-state index in [2.05, 4.69) is 43.1 Å². The van der Waals surface area contributed by atoms with Gasteiger partial charge in [0.1, 0.15) is 0 Å². The molecule has 1 N–H and O–H groups in total. The van der Waals surface area contributed by atoms with Gasteiger partial charge in [-0.25, -0.2) is 0 Å². The summed E-state index contributed by atoms with van der Waals surface area (Å²) in [6.45, 7) is 6.07. The first kappa shape index (κ1) is 9.85. The van der Waals surface area contributed by atoms with Gasteiger partial charge >= 0.3 is 0 Å². The molecule has 0 saturated carbocycles. The fourth-order valence-electron chi connectivity index (χ4n) is 1.23. The standard InChI is InChI=1S/C12H17N/c1-4-11-5-7-12(8-6-11)9-10(2)13-3/h5-8,13H,2,4,9H2,1,3H3. The van der Waals surface area contributed by atoms with Crippen LogP contribution in [0.5, 0.6) is 0 Å². The topological polar surface area (TPSA) is 12.0 Å². The number of likely N-dealkylation sites (N-methyl/N-ethyl adjacent to an activating group) is 1. The molecule has 0 radical (unpaired) electrons. The molecule has 0 spiro atoms. The van der Waals surface area contributed by atoms with Gasteiger partial charge in [-0.2, -0.15) is 0 Å². The van der Waals surface area contributed by atoms with Crippen molar-refractivity contribution in [2.75, 3.05) is 7.05 Å². The second kappa shape index (κ2) is 4.70. The van der Waals surface area contributed by atoms with Crippen LogP contribution in [0.15, 0.2) is 36.5 Å². The minimum Gasteiger partial charge on any atom is -0.392 e. The maximum atomic E-state index is 3.90. The number of nitrogens with one attached hydrogen (secondary N) is 1. The Labute approximate surface area is 80.5 Å². The van der Waals surface area contributed by atoms with E-state index in [4.69, 9.17) is 0 Å². The number of hydrogen-bond donors (Lipinski definition) is 1. The van der Waals surface area contributed by atoms with Crippen LogP contribution in [0.4, 0.5) is 0 Å². The first-order valence-corrected chi connectivity index (χ1v) is 4.69. The fraction of sp³-hybridized carbons (Fsp3) is 0.333. The lowest BCUT2D eigenvalue weighted by molar-refractivity contribution is 0.927. The fourth-order valence-corrected chi connectivity index (χ4v) is 1.23. The van der Waals surface area contributed by atoms with Gasteiger partial charge < -0.3 is 5.32 Å². The second-order valence-corrected chi connectivity index (χ2v) is 3.20. The Hall–Kier alpha value is -1.24. The summed E-state index contributed by atoms with van der Waals surface area (Å²) >= 11 is 0. The summed E-state index contributed by atoms with van der Waals surface area (Å²) in [6, 6.07) is 8.69. The number of allylic oxidation sites excluding steroid dienone is 1. The Morgan fingerprint density at radius 1 is 1.23 bits per heavy atom. The average molecular weight is 175 g/mol. The van der Waals surface area contributed by atoms with Crippen molar-refractivity contribution >= 4 is 0 Å². The Balaban J connectivity index is 2.64. The molecule has 0 aromatic heterocycles. The summed E-state index contributed by atoms with van der Waals surface area (Å²) in [4.78, 5) is 0. The largest absolute Gasteiger partial charge is 0.392 e. The van der Waals surface area contributed by atoms with E-state index in [0.29, 0.717) is 0 Å². The molecule has 70 valence electrons. The highest BCUT2D eigenvalue weighted by Crippen LogP contribution is 2.07. The van der Waals surface area contributed by atoms with Crippen molar-refractivity contribution in [2.24, 2.45) is 0 Å². The van der Waals surface area contributed by atoms with E-state index in [1.165, 1.54) is 11.1 Å².